The predicted octanol–water partition coefficient (Wildman–Crippen LogP) is 4.13. The highest BCUT2D eigenvalue weighted by Crippen LogP contribution is 2.22. The maximum absolute atomic E-state index is 13.6. The third-order valence-corrected chi connectivity index (χ3v) is 3.43. The maximum Gasteiger partial charge on any atom is 0.126 e. The van der Waals surface area contributed by atoms with E-state index in [1.165, 1.54) is 11.6 Å². The Kier molecular flexibility index (Phi) is 4.33. The van der Waals surface area contributed by atoms with E-state index >= 15 is 0 Å². The van der Waals surface area contributed by atoms with Crippen LogP contribution in [-0.2, 0) is 6.42 Å². The van der Waals surface area contributed by atoms with Crippen molar-refractivity contribution in [2.75, 3.05) is 0 Å². The number of rotatable bonds is 4. The Labute approximate surface area is 114 Å². The largest absolute Gasteiger partial charge is 0.320 e. The lowest BCUT2D eigenvalue weighted by Gasteiger charge is -2.14. The summed E-state index contributed by atoms with van der Waals surface area (Å²) in [4.78, 5) is 0. The number of nitrogens with two attached hydrogens (primary N) is 1. The zero-order chi connectivity index (χ0) is 13.8. The minimum atomic E-state index is -0.272. The molecule has 2 rings (SSSR count). The summed E-state index contributed by atoms with van der Waals surface area (Å²) < 4.78 is 13.6. The summed E-state index contributed by atoms with van der Waals surface area (Å²) in [5.74, 6) is -0.199. The van der Waals surface area contributed by atoms with Crippen molar-refractivity contribution in [1.29, 1.82) is 0 Å². The molecule has 0 spiro atoms. The summed E-state index contributed by atoms with van der Waals surface area (Å²) in [5.41, 5.74) is 9.98. The van der Waals surface area contributed by atoms with E-state index in [4.69, 9.17) is 5.73 Å². The number of aryl methyl sites for hydroxylation is 2. The van der Waals surface area contributed by atoms with Gasteiger partial charge in [-0.05, 0) is 41.7 Å². The van der Waals surface area contributed by atoms with Crippen molar-refractivity contribution in [3.8, 4) is 0 Å². The molecule has 100 valence electrons. The monoisotopic (exact) mass is 257 g/mol. The molecule has 1 nitrogen and oxygen atoms in total. The summed E-state index contributed by atoms with van der Waals surface area (Å²) in [7, 11) is 0. The fraction of sp³-hybridized carbons (Fsp3) is 0.294. The molecule has 0 bridgehead atoms. The zero-order valence-corrected chi connectivity index (χ0v) is 11.5. The summed E-state index contributed by atoms with van der Waals surface area (Å²) in [6.07, 6.45) is 2.21. The van der Waals surface area contributed by atoms with Gasteiger partial charge in [0.15, 0.2) is 0 Å². The van der Waals surface area contributed by atoms with Crippen molar-refractivity contribution in [3.05, 3.63) is 70.5 Å². The maximum atomic E-state index is 13.6. The first kappa shape index (κ1) is 13.8. The van der Waals surface area contributed by atoms with Crippen LogP contribution < -0.4 is 5.73 Å². The summed E-state index contributed by atoms with van der Waals surface area (Å²) in [5, 5.41) is 0. The number of halogens is 1. The normalized spacial score (nSPS) is 12.4. The lowest BCUT2D eigenvalue weighted by Crippen LogP contribution is -2.12. The van der Waals surface area contributed by atoms with Crippen LogP contribution in [0, 0.1) is 12.7 Å². The smallest absolute Gasteiger partial charge is 0.126 e. The van der Waals surface area contributed by atoms with Crippen LogP contribution in [-0.4, -0.2) is 0 Å². The molecular weight excluding hydrogens is 237 g/mol. The summed E-state index contributed by atoms with van der Waals surface area (Å²) in [6.45, 7) is 3.92. The lowest BCUT2D eigenvalue weighted by atomic mass is 9.97. The lowest BCUT2D eigenvalue weighted by molar-refractivity contribution is 0.614. The Hall–Kier alpha value is -1.67. The molecule has 0 amide bonds. The first-order valence-corrected chi connectivity index (χ1v) is 6.72. The second-order valence-electron chi connectivity index (χ2n) is 4.98. The van der Waals surface area contributed by atoms with Crippen molar-refractivity contribution in [3.63, 3.8) is 0 Å². The van der Waals surface area contributed by atoms with Crippen LogP contribution in [0.3, 0.4) is 0 Å². The molecule has 0 fully saturated rings. The van der Waals surface area contributed by atoms with Gasteiger partial charge >= 0.3 is 0 Å². The van der Waals surface area contributed by atoms with Gasteiger partial charge in [0.2, 0.25) is 0 Å². The van der Waals surface area contributed by atoms with Gasteiger partial charge in [-0.1, -0.05) is 49.7 Å². The second kappa shape index (κ2) is 5.98. The molecule has 2 N–H and O–H groups in total. The average molecular weight is 257 g/mol. The Morgan fingerprint density at radius 1 is 1.05 bits per heavy atom. The molecule has 0 aliphatic rings. The molecule has 0 saturated heterocycles. The van der Waals surface area contributed by atoms with Crippen LogP contribution in [0.5, 0.6) is 0 Å². The van der Waals surface area contributed by atoms with Crippen LogP contribution in [0.1, 0.15) is 41.6 Å². The zero-order valence-electron chi connectivity index (χ0n) is 11.5. The molecule has 1 unspecified atom stereocenters. The fourth-order valence-corrected chi connectivity index (χ4v) is 2.18. The van der Waals surface area contributed by atoms with Crippen molar-refractivity contribution in [2.24, 2.45) is 5.73 Å². The van der Waals surface area contributed by atoms with E-state index in [9.17, 15) is 4.39 Å². The van der Waals surface area contributed by atoms with Crippen LogP contribution in [0.2, 0.25) is 0 Å². The molecule has 2 aromatic carbocycles. The fourth-order valence-electron chi connectivity index (χ4n) is 2.18. The predicted molar refractivity (Wildman–Crippen MR) is 77.6 cm³/mol. The highest BCUT2D eigenvalue weighted by atomic mass is 19.1. The molecule has 0 aromatic heterocycles. The van der Waals surface area contributed by atoms with Crippen LogP contribution in [0.25, 0.3) is 0 Å². The number of hydrogen-bond donors (Lipinski definition) is 1. The van der Waals surface area contributed by atoms with Gasteiger partial charge in [0.25, 0.3) is 0 Å². The molecule has 1 atom stereocenters. The van der Waals surface area contributed by atoms with Crippen molar-refractivity contribution >= 4 is 0 Å². The Balaban J connectivity index is 2.22. The van der Waals surface area contributed by atoms with E-state index in [-0.39, 0.29) is 11.9 Å². The SMILES string of the molecule is CCCc1ccc(C(N)c2ccc(C)c(F)c2)cc1. The second-order valence-corrected chi connectivity index (χ2v) is 4.98. The third kappa shape index (κ3) is 3.21. The summed E-state index contributed by atoms with van der Waals surface area (Å²) in [6, 6.07) is 13.2. The molecular formula is C17H20FN. The third-order valence-electron chi connectivity index (χ3n) is 3.43. The van der Waals surface area contributed by atoms with Crippen LogP contribution in [0.4, 0.5) is 4.39 Å². The van der Waals surface area contributed by atoms with E-state index < -0.39 is 0 Å². The highest BCUT2D eigenvalue weighted by Gasteiger charge is 2.10. The topological polar surface area (TPSA) is 26.0 Å². The molecule has 0 radical (unpaired) electrons. The Morgan fingerprint density at radius 2 is 1.68 bits per heavy atom. The quantitative estimate of drug-likeness (QED) is 0.875. The van der Waals surface area contributed by atoms with E-state index in [1.54, 1.807) is 13.0 Å². The molecule has 2 heteroatoms. The highest BCUT2D eigenvalue weighted by molar-refractivity contribution is 5.35. The first-order chi connectivity index (χ1) is 9.11. The number of hydrogen-bond acceptors (Lipinski definition) is 1. The minimum absolute atomic E-state index is 0.199. The van der Waals surface area contributed by atoms with Crippen molar-refractivity contribution in [1.82, 2.24) is 0 Å². The summed E-state index contributed by atoms with van der Waals surface area (Å²) >= 11 is 0. The van der Waals surface area contributed by atoms with Crippen LogP contribution >= 0.6 is 0 Å². The first-order valence-electron chi connectivity index (χ1n) is 6.72. The van der Waals surface area contributed by atoms with Crippen LogP contribution in [0.15, 0.2) is 42.5 Å². The Bertz CT molecular complexity index is 546. The molecule has 0 aliphatic carbocycles. The van der Waals surface area contributed by atoms with E-state index in [1.807, 2.05) is 18.2 Å². The van der Waals surface area contributed by atoms with Crippen molar-refractivity contribution in [2.45, 2.75) is 32.7 Å². The standard InChI is InChI=1S/C17H20FN/c1-3-4-13-6-9-14(10-7-13)17(19)15-8-5-12(2)16(18)11-15/h5-11,17H,3-4,19H2,1-2H3. The van der Waals surface area contributed by atoms with E-state index in [0.29, 0.717) is 5.56 Å². The van der Waals surface area contributed by atoms with Gasteiger partial charge in [0.05, 0.1) is 6.04 Å². The number of benzene rings is 2. The average Bonchev–Trinajstić information content (AvgIpc) is 2.42. The molecule has 0 heterocycles. The van der Waals surface area contributed by atoms with Gasteiger partial charge in [0.1, 0.15) is 5.82 Å². The van der Waals surface area contributed by atoms with Gasteiger partial charge in [-0.25, -0.2) is 4.39 Å². The molecule has 0 aliphatic heterocycles. The van der Waals surface area contributed by atoms with Gasteiger partial charge in [-0.15, -0.1) is 0 Å². The van der Waals surface area contributed by atoms with Crippen molar-refractivity contribution < 1.29 is 4.39 Å². The van der Waals surface area contributed by atoms with E-state index in [0.717, 1.165) is 24.0 Å². The van der Waals surface area contributed by atoms with Gasteiger partial charge in [0, 0.05) is 0 Å². The molecule has 2 aromatic rings. The molecule has 19 heavy (non-hydrogen) atoms. The van der Waals surface area contributed by atoms with E-state index in [2.05, 4.69) is 19.1 Å². The molecule has 0 saturated carbocycles. The minimum Gasteiger partial charge on any atom is -0.320 e. The van der Waals surface area contributed by atoms with Gasteiger partial charge < -0.3 is 5.73 Å². The Morgan fingerprint density at radius 3 is 2.26 bits per heavy atom. The van der Waals surface area contributed by atoms with Gasteiger partial charge in [-0.2, -0.15) is 0 Å². The van der Waals surface area contributed by atoms with Gasteiger partial charge in [-0.3, -0.25) is 0 Å².